The van der Waals surface area contributed by atoms with E-state index in [1.807, 2.05) is 0 Å². The molecule has 3 nitrogen and oxygen atoms in total. The lowest BCUT2D eigenvalue weighted by atomic mass is 10.0. The average Bonchev–Trinajstić information content (AvgIpc) is 2.23. The predicted molar refractivity (Wildman–Crippen MR) is 54.2 cm³/mol. The van der Waals surface area contributed by atoms with Crippen LogP contribution in [0.2, 0.25) is 0 Å². The Labute approximate surface area is 96.6 Å². The number of nitrogens with zero attached hydrogens (tertiary/aromatic N) is 1. The summed E-state index contributed by atoms with van der Waals surface area (Å²) < 4.78 is 43.5. The molecule has 0 saturated heterocycles. The van der Waals surface area contributed by atoms with E-state index in [1.165, 1.54) is 6.92 Å². The number of hydrogen-bond acceptors (Lipinski definition) is 3. The number of carbonyl (C=O) groups excluding carboxylic acids is 1. The number of hydrogen-bond donors (Lipinski definition) is 0. The Morgan fingerprint density at radius 2 is 2.18 bits per heavy atom. The van der Waals surface area contributed by atoms with E-state index in [2.05, 4.69) is 9.72 Å². The van der Waals surface area contributed by atoms with Gasteiger partial charge in [0.25, 0.3) is 6.43 Å². The minimum Gasteiger partial charge on any atom is -0.466 e. The van der Waals surface area contributed by atoms with Gasteiger partial charge < -0.3 is 4.74 Å². The normalized spacial score (nSPS) is 10.7. The highest BCUT2D eigenvalue weighted by molar-refractivity contribution is 5.73. The molecule has 0 fully saturated rings. The smallest absolute Gasteiger partial charge is 0.310 e. The average molecular weight is 247 g/mol. The van der Waals surface area contributed by atoms with Gasteiger partial charge in [-0.3, -0.25) is 4.79 Å². The van der Waals surface area contributed by atoms with Crippen LogP contribution in [-0.2, 0) is 16.0 Å². The van der Waals surface area contributed by atoms with E-state index in [0.717, 1.165) is 6.20 Å². The van der Waals surface area contributed by atoms with Crippen molar-refractivity contribution in [1.82, 2.24) is 4.98 Å². The zero-order valence-electron chi connectivity index (χ0n) is 9.47. The molecule has 0 aliphatic rings. The van der Waals surface area contributed by atoms with Crippen molar-refractivity contribution in [3.63, 3.8) is 0 Å². The molecule has 0 unspecified atom stereocenters. The summed E-state index contributed by atoms with van der Waals surface area (Å²) in [5, 5.41) is 0. The number of halogens is 3. The van der Waals surface area contributed by atoms with Gasteiger partial charge in [-0.2, -0.15) is 4.39 Å². The van der Waals surface area contributed by atoms with Crippen LogP contribution in [0.15, 0.2) is 6.20 Å². The van der Waals surface area contributed by atoms with E-state index in [0.29, 0.717) is 0 Å². The van der Waals surface area contributed by atoms with Gasteiger partial charge in [0.2, 0.25) is 5.95 Å². The molecule has 17 heavy (non-hydrogen) atoms. The number of aryl methyl sites for hydroxylation is 1. The predicted octanol–water partition coefficient (Wildman–Crippen LogP) is 2.57. The van der Waals surface area contributed by atoms with Gasteiger partial charge in [-0.15, -0.1) is 0 Å². The van der Waals surface area contributed by atoms with Gasteiger partial charge in [0.1, 0.15) is 0 Å². The highest BCUT2D eigenvalue weighted by Crippen LogP contribution is 2.27. The monoisotopic (exact) mass is 247 g/mol. The van der Waals surface area contributed by atoms with Crippen LogP contribution >= 0.6 is 0 Å². The fourth-order valence-corrected chi connectivity index (χ4v) is 1.48. The van der Waals surface area contributed by atoms with Crippen LogP contribution in [0, 0.1) is 12.9 Å². The van der Waals surface area contributed by atoms with Crippen molar-refractivity contribution >= 4 is 5.97 Å². The number of rotatable bonds is 4. The van der Waals surface area contributed by atoms with Gasteiger partial charge in [-0.05, 0) is 19.4 Å². The SMILES string of the molecule is CCOC(=O)Cc1c(F)ncc(C)c1C(F)F. The van der Waals surface area contributed by atoms with Gasteiger partial charge in [0, 0.05) is 17.3 Å². The van der Waals surface area contributed by atoms with Crippen molar-refractivity contribution in [2.75, 3.05) is 6.61 Å². The largest absolute Gasteiger partial charge is 0.466 e. The molecule has 94 valence electrons. The van der Waals surface area contributed by atoms with Crippen LogP contribution in [-0.4, -0.2) is 17.6 Å². The summed E-state index contributed by atoms with van der Waals surface area (Å²) in [6.45, 7) is 3.09. The van der Waals surface area contributed by atoms with Crippen LogP contribution < -0.4 is 0 Å². The fourth-order valence-electron chi connectivity index (χ4n) is 1.48. The van der Waals surface area contributed by atoms with Crippen molar-refractivity contribution in [2.45, 2.75) is 26.7 Å². The molecule has 6 heteroatoms. The van der Waals surface area contributed by atoms with Crippen LogP contribution in [0.25, 0.3) is 0 Å². The Bertz CT molecular complexity index is 421. The van der Waals surface area contributed by atoms with Gasteiger partial charge in [-0.1, -0.05) is 0 Å². The lowest BCUT2D eigenvalue weighted by Gasteiger charge is -2.11. The summed E-state index contributed by atoms with van der Waals surface area (Å²) in [5.41, 5.74) is -0.718. The molecule has 1 aromatic heterocycles. The zero-order chi connectivity index (χ0) is 13.0. The van der Waals surface area contributed by atoms with Crippen molar-refractivity contribution in [1.29, 1.82) is 0 Å². The van der Waals surface area contributed by atoms with Crippen LogP contribution in [0.3, 0.4) is 0 Å². The summed E-state index contributed by atoms with van der Waals surface area (Å²) in [6, 6.07) is 0. The maximum absolute atomic E-state index is 13.3. The standard InChI is InChI=1S/C11H12F3NO2/c1-3-17-8(16)4-7-9(10(12)13)6(2)5-15-11(7)14/h5,10H,3-4H2,1-2H3. The fraction of sp³-hybridized carbons (Fsp3) is 0.455. The highest BCUT2D eigenvalue weighted by Gasteiger charge is 2.22. The summed E-state index contributed by atoms with van der Waals surface area (Å²) in [6.07, 6.45) is -2.36. The number of carbonyl (C=O) groups is 1. The molecule has 0 N–H and O–H groups in total. The van der Waals surface area contributed by atoms with Crippen molar-refractivity contribution < 1.29 is 22.7 Å². The number of pyridine rings is 1. The third kappa shape index (κ3) is 3.18. The minimum atomic E-state index is -2.85. The maximum atomic E-state index is 13.3. The maximum Gasteiger partial charge on any atom is 0.310 e. The topological polar surface area (TPSA) is 39.2 Å². The van der Waals surface area contributed by atoms with E-state index < -0.39 is 35.9 Å². The van der Waals surface area contributed by atoms with Gasteiger partial charge in [0.15, 0.2) is 0 Å². The van der Waals surface area contributed by atoms with Gasteiger partial charge in [-0.25, -0.2) is 13.8 Å². The van der Waals surface area contributed by atoms with Gasteiger partial charge in [0.05, 0.1) is 13.0 Å². The third-order valence-corrected chi connectivity index (χ3v) is 2.22. The Morgan fingerprint density at radius 1 is 1.53 bits per heavy atom. The Hall–Kier alpha value is -1.59. The summed E-state index contributed by atoms with van der Waals surface area (Å²) in [4.78, 5) is 14.5. The van der Waals surface area contributed by atoms with E-state index in [9.17, 15) is 18.0 Å². The molecule has 0 amide bonds. The van der Waals surface area contributed by atoms with Crippen molar-refractivity contribution in [3.8, 4) is 0 Å². The summed E-state index contributed by atoms with van der Waals surface area (Å²) in [5.74, 6) is -1.81. The van der Waals surface area contributed by atoms with Gasteiger partial charge >= 0.3 is 5.97 Å². The molecule has 0 atom stereocenters. The first-order valence-electron chi connectivity index (χ1n) is 5.05. The lowest BCUT2D eigenvalue weighted by Crippen LogP contribution is -2.13. The van der Waals surface area contributed by atoms with E-state index in [4.69, 9.17) is 0 Å². The molecule has 0 aromatic carbocycles. The molecule has 1 aromatic rings. The molecule has 1 heterocycles. The molecule has 0 aliphatic heterocycles. The second-order valence-corrected chi connectivity index (χ2v) is 3.41. The molecular formula is C11H12F3NO2. The molecule has 0 saturated carbocycles. The molecular weight excluding hydrogens is 235 g/mol. The van der Waals surface area contributed by atoms with Crippen LogP contribution in [0.5, 0.6) is 0 Å². The first-order chi connectivity index (χ1) is 7.97. The van der Waals surface area contributed by atoms with E-state index in [-0.39, 0.29) is 12.2 Å². The van der Waals surface area contributed by atoms with Crippen molar-refractivity contribution in [2.24, 2.45) is 0 Å². The Balaban J connectivity index is 3.12. The quantitative estimate of drug-likeness (QED) is 0.606. The second-order valence-electron chi connectivity index (χ2n) is 3.41. The highest BCUT2D eigenvalue weighted by atomic mass is 19.3. The van der Waals surface area contributed by atoms with E-state index in [1.54, 1.807) is 6.92 Å². The number of aromatic nitrogens is 1. The zero-order valence-corrected chi connectivity index (χ0v) is 9.47. The summed E-state index contributed by atoms with van der Waals surface area (Å²) in [7, 11) is 0. The number of ether oxygens (including phenoxy) is 1. The molecule has 0 spiro atoms. The molecule has 0 aliphatic carbocycles. The number of alkyl halides is 2. The Kier molecular flexibility index (Phi) is 4.48. The second kappa shape index (κ2) is 5.65. The molecule has 0 bridgehead atoms. The van der Waals surface area contributed by atoms with Crippen molar-refractivity contribution in [3.05, 3.63) is 28.8 Å². The molecule has 0 radical (unpaired) electrons. The lowest BCUT2D eigenvalue weighted by molar-refractivity contribution is -0.142. The molecule has 1 rings (SSSR count). The first kappa shape index (κ1) is 13.5. The minimum absolute atomic E-state index is 0.115. The summed E-state index contributed by atoms with van der Waals surface area (Å²) >= 11 is 0. The third-order valence-electron chi connectivity index (χ3n) is 2.22. The van der Waals surface area contributed by atoms with Crippen LogP contribution in [0.1, 0.15) is 30.0 Å². The first-order valence-corrected chi connectivity index (χ1v) is 5.05. The number of esters is 1. The Morgan fingerprint density at radius 3 is 2.71 bits per heavy atom. The van der Waals surface area contributed by atoms with E-state index >= 15 is 0 Å². The van der Waals surface area contributed by atoms with Crippen LogP contribution in [0.4, 0.5) is 13.2 Å².